The minimum atomic E-state index is -1.90. The van der Waals surface area contributed by atoms with Crippen molar-refractivity contribution in [3.8, 4) is 17.2 Å². The molecule has 0 atom stereocenters. The third-order valence-corrected chi connectivity index (χ3v) is 10.3. The zero-order chi connectivity index (χ0) is 14.9. The summed E-state index contributed by atoms with van der Waals surface area (Å²) in [5, 5.41) is 0. The largest absolute Gasteiger partial charge is 0.543 e. The molecule has 20 heavy (non-hydrogen) atoms. The fourth-order valence-electron chi connectivity index (χ4n) is 3.50. The Morgan fingerprint density at radius 2 is 1.45 bits per heavy atom. The van der Waals surface area contributed by atoms with Gasteiger partial charge in [0, 0.05) is 6.07 Å². The second-order valence-corrected chi connectivity index (χ2v) is 11.8. The summed E-state index contributed by atoms with van der Waals surface area (Å²) in [6, 6.07) is 5.91. The van der Waals surface area contributed by atoms with Crippen LogP contribution >= 0.6 is 0 Å². The highest BCUT2D eigenvalue weighted by molar-refractivity contribution is 6.78. The summed E-state index contributed by atoms with van der Waals surface area (Å²) >= 11 is 0. The van der Waals surface area contributed by atoms with E-state index in [2.05, 4.69) is 41.5 Å². The summed E-state index contributed by atoms with van der Waals surface area (Å²) in [4.78, 5) is 0. The van der Waals surface area contributed by atoms with Crippen molar-refractivity contribution in [3.05, 3.63) is 18.2 Å². The Morgan fingerprint density at radius 1 is 0.900 bits per heavy atom. The van der Waals surface area contributed by atoms with Gasteiger partial charge < -0.3 is 13.9 Å². The van der Waals surface area contributed by atoms with E-state index >= 15 is 0 Å². The van der Waals surface area contributed by atoms with E-state index in [9.17, 15) is 0 Å². The van der Waals surface area contributed by atoms with Crippen LogP contribution in [0, 0.1) is 0 Å². The van der Waals surface area contributed by atoms with Crippen LogP contribution in [0.2, 0.25) is 16.6 Å². The smallest absolute Gasteiger partial charge is 0.258 e. The van der Waals surface area contributed by atoms with E-state index in [1.807, 2.05) is 18.2 Å². The molecular formula is C16H26O3Si. The third kappa shape index (κ3) is 2.53. The summed E-state index contributed by atoms with van der Waals surface area (Å²) in [6.07, 6.45) is 0. The van der Waals surface area contributed by atoms with Crippen LogP contribution < -0.4 is 13.9 Å². The highest BCUT2D eigenvalue weighted by Gasteiger charge is 2.47. The molecule has 1 aliphatic rings. The lowest BCUT2D eigenvalue weighted by atomic mass is 10.3. The Balaban J connectivity index is 2.32. The molecule has 0 unspecified atom stereocenters. The molecule has 0 amide bonds. The van der Waals surface area contributed by atoms with Crippen LogP contribution in [-0.4, -0.2) is 15.1 Å². The minimum absolute atomic E-state index is 0.305. The lowest BCUT2D eigenvalue weighted by Gasteiger charge is -2.42. The predicted octanol–water partition coefficient (Wildman–Crippen LogP) is 4.97. The van der Waals surface area contributed by atoms with Gasteiger partial charge in [-0.15, -0.1) is 0 Å². The van der Waals surface area contributed by atoms with Crippen LogP contribution in [0.5, 0.6) is 17.2 Å². The van der Waals surface area contributed by atoms with Crippen LogP contribution in [0.15, 0.2) is 18.2 Å². The van der Waals surface area contributed by atoms with Crippen LogP contribution in [0.3, 0.4) is 0 Å². The SMILES string of the molecule is CC(C)[Si](Oc1ccc2c(c1)OCO2)(C(C)C)C(C)C. The normalized spacial score (nSPS) is 14.4. The van der Waals surface area contributed by atoms with E-state index < -0.39 is 8.32 Å². The summed E-state index contributed by atoms with van der Waals surface area (Å²) in [5.41, 5.74) is 1.69. The van der Waals surface area contributed by atoms with Crippen molar-refractivity contribution in [1.82, 2.24) is 0 Å². The molecule has 0 N–H and O–H groups in total. The number of hydrogen-bond acceptors (Lipinski definition) is 3. The van der Waals surface area contributed by atoms with Crippen LogP contribution in [0.1, 0.15) is 41.5 Å². The van der Waals surface area contributed by atoms with Gasteiger partial charge in [0.05, 0.1) is 0 Å². The van der Waals surface area contributed by atoms with Gasteiger partial charge in [-0.25, -0.2) is 0 Å². The molecular weight excluding hydrogens is 268 g/mol. The molecule has 2 rings (SSSR count). The van der Waals surface area contributed by atoms with Gasteiger partial charge in [0.15, 0.2) is 11.5 Å². The van der Waals surface area contributed by atoms with Crippen molar-refractivity contribution in [2.75, 3.05) is 6.79 Å². The topological polar surface area (TPSA) is 27.7 Å². The predicted molar refractivity (Wildman–Crippen MR) is 84.2 cm³/mol. The standard InChI is InChI=1S/C16H26O3Si/c1-11(2)20(12(3)4,13(5)6)19-14-7-8-15-16(9-14)18-10-17-15/h7-9,11-13H,10H2,1-6H3. The Bertz CT molecular complexity index is 447. The van der Waals surface area contributed by atoms with E-state index in [0.29, 0.717) is 23.4 Å². The van der Waals surface area contributed by atoms with E-state index in [1.54, 1.807) is 0 Å². The first-order valence-electron chi connectivity index (χ1n) is 7.46. The van der Waals surface area contributed by atoms with E-state index in [0.717, 1.165) is 17.2 Å². The van der Waals surface area contributed by atoms with Gasteiger partial charge in [0.25, 0.3) is 8.32 Å². The van der Waals surface area contributed by atoms with Gasteiger partial charge >= 0.3 is 0 Å². The summed E-state index contributed by atoms with van der Waals surface area (Å²) < 4.78 is 17.4. The van der Waals surface area contributed by atoms with Crippen molar-refractivity contribution in [2.24, 2.45) is 0 Å². The van der Waals surface area contributed by atoms with Gasteiger partial charge in [0.1, 0.15) is 5.75 Å². The first-order valence-corrected chi connectivity index (χ1v) is 9.60. The van der Waals surface area contributed by atoms with Gasteiger partial charge in [-0.1, -0.05) is 41.5 Å². The fraction of sp³-hybridized carbons (Fsp3) is 0.625. The fourth-order valence-corrected chi connectivity index (χ4v) is 8.74. The van der Waals surface area contributed by atoms with Crippen molar-refractivity contribution < 1.29 is 13.9 Å². The Labute approximate surface area is 123 Å². The molecule has 0 bridgehead atoms. The first kappa shape index (κ1) is 15.2. The van der Waals surface area contributed by atoms with Crippen molar-refractivity contribution >= 4 is 8.32 Å². The lowest BCUT2D eigenvalue weighted by Crippen LogP contribution is -2.50. The number of benzene rings is 1. The molecule has 112 valence electrons. The molecule has 0 aliphatic carbocycles. The first-order chi connectivity index (χ1) is 9.37. The molecule has 1 aromatic rings. The maximum Gasteiger partial charge on any atom is 0.258 e. The van der Waals surface area contributed by atoms with Gasteiger partial charge in [-0.05, 0) is 28.8 Å². The second kappa shape index (κ2) is 5.68. The number of fused-ring (bicyclic) bond motifs is 1. The summed E-state index contributed by atoms with van der Waals surface area (Å²) in [7, 11) is -1.90. The van der Waals surface area contributed by atoms with Crippen molar-refractivity contribution in [3.63, 3.8) is 0 Å². The Kier molecular flexibility index (Phi) is 4.33. The zero-order valence-corrected chi connectivity index (χ0v) is 14.4. The minimum Gasteiger partial charge on any atom is -0.543 e. The van der Waals surface area contributed by atoms with Gasteiger partial charge in [0.2, 0.25) is 6.79 Å². The van der Waals surface area contributed by atoms with Crippen molar-refractivity contribution in [2.45, 2.75) is 58.2 Å². The number of hydrogen-bond donors (Lipinski definition) is 0. The highest BCUT2D eigenvalue weighted by Crippen LogP contribution is 2.44. The van der Waals surface area contributed by atoms with Gasteiger partial charge in [-0.2, -0.15) is 0 Å². The monoisotopic (exact) mass is 294 g/mol. The average Bonchev–Trinajstić information content (AvgIpc) is 2.81. The van der Waals surface area contributed by atoms with Crippen LogP contribution in [0.4, 0.5) is 0 Å². The molecule has 0 aromatic heterocycles. The van der Waals surface area contributed by atoms with E-state index in [-0.39, 0.29) is 0 Å². The van der Waals surface area contributed by atoms with Crippen LogP contribution in [0.25, 0.3) is 0 Å². The quantitative estimate of drug-likeness (QED) is 0.718. The molecule has 0 spiro atoms. The number of ether oxygens (including phenoxy) is 2. The molecule has 0 saturated heterocycles. The molecule has 1 heterocycles. The molecule has 0 fully saturated rings. The van der Waals surface area contributed by atoms with E-state index in [1.165, 1.54) is 0 Å². The Hall–Kier alpha value is -1.16. The summed E-state index contributed by atoms with van der Waals surface area (Å²) in [6.45, 7) is 14.1. The second-order valence-electron chi connectivity index (χ2n) is 6.43. The van der Waals surface area contributed by atoms with E-state index in [4.69, 9.17) is 13.9 Å². The van der Waals surface area contributed by atoms with Gasteiger partial charge in [-0.3, -0.25) is 0 Å². The molecule has 3 nitrogen and oxygen atoms in total. The van der Waals surface area contributed by atoms with Crippen molar-refractivity contribution in [1.29, 1.82) is 0 Å². The molecule has 0 saturated carbocycles. The summed E-state index contributed by atoms with van der Waals surface area (Å²) in [5.74, 6) is 2.52. The molecule has 1 aromatic carbocycles. The molecule has 4 heteroatoms. The maximum atomic E-state index is 6.62. The third-order valence-electron chi connectivity index (χ3n) is 4.35. The number of rotatable bonds is 5. The lowest BCUT2D eigenvalue weighted by molar-refractivity contribution is 0.174. The maximum absolute atomic E-state index is 6.62. The Morgan fingerprint density at radius 3 is 2.00 bits per heavy atom. The zero-order valence-electron chi connectivity index (χ0n) is 13.4. The highest BCUT2D eigenvalue weighted by atomic mass is 28.4. The molecule has 0 radical (unpaired) electrons. The van der Waals surface area contributed by atoms with Crippen LogP contribution in [-0.2, 0) is 0 Å². The average molecular weight is 294 g/mol. The molecule has 1 aliphatic heterocycles.